The summed E-state index contributed by atoms with van der Waals surface area (Å²) in [5, 5.41) is 11.2. The lowest BCUT2D eigenvalue weighted by atomic mass is 10.1. The molecule has 0 aliphatic heterocycles. The quantitative estimate of drug-likeness (QED) is 0.714. The topological polar surface area (TPSA) is 86.7 Å². The molecule has 0 saturated carbocycles. The lowest BCUT2D eigenvalue weighted by molar-refractivity contribution is -0.136. The second-order valence-corrected chi connectivity index (χ2v) is 7.59. The van der Waals surface area contributed by atoms with E-state index in [1.165, 1.54) is 4.90 Å². The van der Waals surface area contributed by atoms with E-state index in [0.29, 0.717) is 22.6 Å². The number of carbonyl (C=O) groups excluding carboxylic acids is 2. The van der Waals surface area contributed by atoms with Gasteiger partial charge >= 0.3 is 5.97 Å². The Morgan fingerprint density at radius 2 is 1.70 bits per heavy atom. The van der Waals surface area contributed by atoms with Crippen molar-refractivity contribution in [3.8, 4) is 0 Å². The van der Waals surface area contributed by atoms with Gasteiger partial charge in [-0.1, -0.05) is 24.3 Å². The monoisotopic (exact) mass is 386 g/mol. The van der Waals surface area contributed by atoms with Gasteiger partial charge in [-0.15, -0.1) is 11.8 Å². The number of likely N-dealkylation sites (N-methyl/N-ethyl adjacent to an activating group) is 1. The molecule has 2 amide bonds. The van der Waals surface area contributed by atoms with Crippen LogP contribution >= 0.6 is 11.8 Å². The molecule has 2 rings (SSSR count). The number of carbonyl (C=O) groups is 3. The molecule has 0 heterocycles. The van der Waals surface area contributed by atoms with Gasteiger partial charge in [-0.2, -0.15) is 0 Å². The third-order valence-electron chi connectivity index (χ3n) is 3.85. The lowest BCUT2D eigenvalue weighted by Crippen LogP contribution is -2.23. The number of rotatable bonds is 7. The number of amides is 2. The van der Waals surface area contributed by atoms with Crippen LogP contribution in [0.1, 0.15) is 22.8 Å². The first-order chi connectivity index (χ1) is 12.8. The molecule has 0 aliphatic rings. The van der Waals surface area contributed by atoms with Crippen LogP contribution in [0.4, 0.5) is 5.69 Å². The van der Waals surface area contributed by atoms with Gasteiger partial charge in [0, 0.05) is 24.7 Å². The first-order valence-corrected chi connectivity index (χ1v) is 9.25. The molecule has 0 radical (unpaired) electrons. The highest BCUT2D eigenvalue weighted by Crippen LogP contribution is 2.27. The van der Waals surface area contributed by atoms with Gasteiger partial charge in [0.1, 0.15) is 5.25 Å². The van der Waals surface area contributed by atoms with Crippen LogP contribution in [0.3, 0.4) is 0 Å². The molecule has 142 valence electrons. The molecule has 2 aromatic rings. The maximum atomic E-state index is 12.6. The van der Waals surface area contributed by atoms with Crippen LogP contribution in [0.2, 0.25) is 0 Å². The largest absolute Gasteiger partial charge is 0.480 e. The first-order valence-electron chi connectivity index (χ1n) is 8.37. The Bertz CT molecular complexity index is 834. The highest BCUT2D eigenvalue weighted by atomic mass is 32.2. The van der Waals surface area contributed by atoms with Crippen molar-refractivity contribution in [3.05, 3.63) is 59.7 Å². The highest BCUT2D eigenvalue weighted by Gasteiger charge is 2.18. The van der Waals surface area contributed by atoms with Crippen molar-refractivity contribution in [2.75, 3.05) is 19.4 Å². The smallest absolute Gasteiger partial charge is 0.316 e. The van der Waals surface area contributed by atoms with E-state index in [-0.39, 0.29) is 11.8 Å². The van der Waals surface area contributed by atoms with Crippen LogP contribution < -0.4 is 5.32 Å². The molecule has 6 nitrogen and oxygen atoms in total. The van der Waals surface area contributed by atoms with E-state index in [0.717, 1.165) is 17.3 Å². The normalized spacial score (nSPS) is 11.5. The maximum absolute atomic E-state index is 12.6. The summed E-state index contributed by atoms with van der Waals surface area (Å²) in [5.41, 5.74) is 1.88. The molecule has 1 unspecified atom stereocenters. The summed E-state index contributed by atoms with van der Waals surface area (Å²) in [5.74, 6) is -1.24. The zero-order valence-corrected chi connectivity index (χ0v) is 16.2. The van der Waals surface area contributed by atoms with Crippen LogP contribution in [-0.4, -0.2) is 47.1 Å². The van der Waals surface area contributed by atoms with E-state index >= 15 is 0 Å². The van der Waals surface area contributed by atoms with E-state index in [1.807, 2.05) is 0 Å². The number of nitrogens with zero attached hydrogens (tertiary/aromatic N) is 1. The summed E-state index contributed by atoms with van der Waals surface area (Å²) in [7, 11) is 3.41. The SMILES string of the molecule is CC(Sc1ccccc1C(=O)Nc1ccc(CC(=O)N(C)C)cc1)C(=O)O. The molecule has 27 heavy (non-hydrogen) atoms. The number of thioether (sulfide) groups is 1. The van der Waals surface area contributed by atoms with E-state index < -0.39 is 11.2 Å². The summed E-state index contributed by atoms with van der Waals surface area (Å²) in [6.07, 6.45) is 0.299. The molecule has 0 fully saturated rings. The van der Waals surface area contributed by atoms with Gasteiger partial charge < -0.3 is 15.3 Å². The van der Waals surface area contributed by atoms with Crippen LogP contribution in [0.15, 0.2) is 53.4 Å². The number of hydrogen-bond donors (Lipinski definition) is 2. The number of carboxylic acid groups (broad SMARTS) is 1. The third-order valence-corrected chi connectivity index (χ3v) is 5.01. The second-order valence-electron chi connectivity index (χ2n) is 6.21. The Balaban J connectivity index is 2.09. The molecule has 0 aromatic heterocycles. The Kier molecular flexibility index (Phi) is 7.01. The molecule has 1 atom stereocenters. The third kappa shape index (κ3) is 5.86. The van der Waals surface area contributed by atoms with Gasteiger partial charge in [0.25, 0.3) is 5.91 Å². The van der Waals surface area contributed by atoms with Gasteiger partial charge in [0.15, 0.2) is 0 Å². The molecule has 7 heteroatoms. The number of anilines is 1. The summed E-state index contributed by atoms with van der Waals surface area (Å²) >= 11 is 1.13. The van der Waals surface area contributed by atoms with Crippen LogP contribution in [-0.2, 0) is 16.0 Å². The highest BCUT2D eigenvalue weighted by molar-refractivity contribution is 8.00. The van der Waals surface area contributed by atoms with Gasteiger partial charge in [-0.05, 0) is 36.8 Å². The number of aliphatic carboxylic acids is 1. The molecule has 0 bridgehead atoms. The standard InChI is InChI=1S/C20H22N2O4S/c1-13(20(25)26)27-17-7-5-4-6-16(17)19(24)21-15-10-8-14(9-11-15)12-18(23)22(2)3/h4-11,13H,12H2,1-3H3,(H,21,24)(H,25,26). The molecular formula is C20H22N2O4S. The number of nitrogens with one attached hydrogen (secondary N) is 1. The zero-order chi connectivity index (χ0) is 20.0. The average Bonchev–Trinajstić information content (AvgIpc) is 2.63. The Morgan fingerprint density at radius 3 is 2.30 bits per heavy atom. The Labute approximate surface area is 162 Å². The molecular weight excluding hydrogens is 364 g/mol. The van der Waals surface area contributed by atoms with Crippen molar-refractivity contribution >= 4 is 35.2 Å². The molecule has 2 N–H and O–H groups in total. The van der Waals surface area contributed by atoms with Crippen molar-refractivity contribution in [2.45, 2.75) is 23.5 Å². The maximum Gasteiger partial charge on any atom is 0.316 e. The van der Waals surface area contributed by atoms with Gasteiger partial charge in [0.2, 0.25) is 5.91 Å². The molecule has 0 spiro atoms. The zero-order valence-electron chi connectivity index (χ0n) is 15.4. The van der Waals surface area contributed by atoms with Crippen LogP contribution in [0.5, 0.6) is 0 Å². The van der Waals surface area contributed by atoms with Crippen molar-refractivity contribution in [3.63, 3.8) is 0 Å². The van der Waals surface area contributed by atoms with E-state index in [1.54, 1.807) is 69.6 Å². The fourth-order valence-corrected chi connectivity index (χ4v) is 3.16. The van der Waals surface area contributed by atoms with Crippen molar-refractivity contribution in [1.29, 1.82) is 0 Å². The minimum absolute atomic E-state index is 0.00490. The van der Waals surface area contributed by atoms with E-state index in [2.05, 4.69) is 5.32 Å². The minimum atomic E-state index is -0.932. The van der Waals surface area contributed by atoms with Crippen LogP contribution in [0.25, 0.3) is 0 Å². The van der Waals surface area contributed by atoms with Gasteiger partial charge in [-0.3, -0.25) is 14.4 Å². The van der Waals surface area contributed by atoms with Gasteiger partial charge in [-0.25, -0.2) is 0 Å². The van der Waals surface area contributed by atoms with E-state index in [9.17, 15) is 14.4 Å². The van der Waals surface area contributed by atoms with Crippen molar-refractivity contribution < 1.29 is 19.5 Å². The van der Waals surface area contributed by atoms with Gasteiger partial charge in [0.05, 0.1) is 12.0 Å². The summed E-state index contributed by atoms with van der Waals surface area (Å²) in [4.78, 5) is 37.6. The molecule has 0 saturated heterocycles. The van der Waals surface area contributed by atoms with Crippen molar-refractivity contribution in [2.24, 2.45) is 0 Å². The molecule has 2 aromatic carbocycles. The molecule has 0 aliphatic carbocycles. The fourth-order valence-electron chi connectivity index (χ4n) is 2.23. The van der Waals surface area contributed by atoms with E-state index in [4.69, 9.17) is 5.11 Å². The fraction of sp³-hybridized carbons (Fsp3) is 0.250. The summed E-state index contributed by atoms with van der Waals surface area (Å²) < 4.78 is 0. The number of benzene rings is 2. The van der Waals surface area contributed by atoms with Crippen LogP contribution in [0, 0.1) is 0 Å². The average molecular weight is 386 g/mol. The van der Waals surface area contributed by atoms with Crippen molar-refractivity contribution in [1.82, 2.24) is 4.90 Å². The number of hydrogen-bond acceptors (Lipinski definition) is 4. The summed E-state index contributed by atoms with van der Waals surface area (Å²) in [6, 6.07) is 14.0. The predicted octanol–water partition coefficient (Wildman–Crippen LogP) is 3.13. The predicted molar refractivity (Wildman–Crippen MR) is 106 cm³/mol. The lowest BCUT2D eigenvalue weighted by Gasteiger charge is -2.13. The Hall–Kier alpha value is -2.80. The summed E-state index contributed by atoms with van der Waals surface area (Å²) in [6.45, 7) is 1.58. The first kappa shape index (κ1) is 20.5. The minimum Gasteiger partial charge on any atom is -0.480 e. The second kappa shape index (κ2) is 9.23. The number of carboxylic acids is 1. The Morgan fingerprint density at radius 1 is 1.07 bits per heavy atom.